The Morgan fingerprint density at radius 1 is 0.969 bits per heavy atom. The van der Waals surface area contributed by atoms with Gasteiger partial charge < -0.3 is 14.6 Å². The lowest BCUT2D eigenvalue weighted by molar-refractivity contribution is 0.0997. The third kappa shape index (κ3) is 4.94. The minimum absolute atomic E-state index is 0.155. The Morgan fingerprint density at radius 2 is 1.69 bits per heavy atom. The summed E-state index contributed by atoms with van der Waals surface area (Å²) in [4.78, 5) is 14.9. The van der Waals surface area contributed by atoms with Gasteiger partial charge in [0.1, 0.15) is 5.76 Å². The number of amides is 1. The van der Waals surface area contributed by atoms with Crippen LogP contribution in [0.15, 0.2) is 59.0 Å². The summed E-state index contributed by atoms with van der Waals surface area (Å²) in [6, 6.07) is 15.8. The highest BCUT2D eigenvalue weighted by atomic mass is 35.5. The molecule has 1 aliphatic rings. The van der Waals surface area contributed by atoms with E-state index in [1.54, 1.807) is 36.4 Å². The van der Waals surface area contributed by atoms with Gasteiger partial charge in [-0.3, -0.25) is 4.79 Å². The highest BCUT2D eigenvalue weighted by molar-refractivity contribution is 7.88. The van der Waals surface area contributed by atoms with Gasteiger partial charge >= 0.3 is 0 Å². The predicted molar refractivity (Wildman–Crippen MR) is 127 cm³/mol. The van der Waals surface area contributed by atoms with Crippen LogP contribution < -0.4 is 10.2 Å². The van der Waals surface area contributed by atoms with E-state index in [1.165, 1.54) is 10.6 Å². The second kappa shape index (κ2) is 9.15. The number of halogens is 2. The van der Waals surface area contributed by atoms with Crippen molar-refractivity contribution in [2.75, 3.05) is 42.7 Å². The molecule has 0 spiro atoms. The summed E-state index contributed by atoms with van der Waals surface area (Å²) in [6.45, 7) is 1.85. The van der Waals surface area contributed by atoms with Crippen molar-refractivity contribution in [1.29, 1.82) is 0 Å². The fourth-order valence-corrected chi connectivity index (χ4v) is 4.69. The molecule has 7 nitrogen and oxygen atoms in total. The molecule has 1 aromatic heterocycles. The number of furan rings is 1. The average molecular weight is 494 g/mol. The first-order chi connectivity index (χ1) is 15.2. The zero-order chi connectivity index (χ0) is 22.9. The molecule has 168 valence electrons. The zero-order valence-electron chi connectivity index (χ0n) is 17.2. The summed E-state index contributed by atoms with van der Waals surface area (Å²) in [5, 5.41) is 3.74. The third-order valence-electron chi connectivity index (χ3n) is 5.23. The number of carbonyl (C=O) groups excluding carboxylic acids is 1. The Kier molecular flexibility index (Phi) is 6.48. The fraction of sp³-hybridized carbons (Fsp3) is 0.227. The van der Waals surface area contributed by atoms with Crippen LogP contribution in [0.25, 0.3) is 11.3 Å². The third-order valence-corrected chi connectivity index (χ3v) is 7.28. The molecule has 1 amide bonds. The van der Waals surface area contributed by atoms with Crippen molar-refractivity contribution in [2.45, 2.75) is 0 Å². The number of para-hydroxylation sites is 2. The maximum atomic E-state index is 12.8. The van der Waals surface area contributed by atoms with Gasteiger partial charge in [-0.15, -0.1) is 0 Å². The molecule has 0 aliphatic carbocycles. The molecule has 0 saturated carbocycles. The molecular formula is C22H21Cl2N3O4S. The Morgan fingerprint density at radius 3 is 2.38 bits per heavy atom. The quantitative estimate of drug-likeness (QED) is 0.561. The van der Waals surface area contributed by atoms with Crippen LogP contribution in [0.4, 0.5) is 11.4 Å². The molecule has 0 bridgehead atoms. The van der Waals surface area contributed by atoms with Gasteiger partial charge in [-0.2, -0.15) is 4.31 Å². The second-order valence-corrected chi connectivity index (χ2v) is 10.2. The highest BCUT2D eigenvalue weighted by Gasteiger charge is 2.25. The molecule has 1 aliphatic heterocycles. The van der Waals surface area contributed by atoms with Crippen LogP contribution in [0.5, 0.6) is 0 Å². The van der Waals surface area contributed by atoms with Crippen LogP contribution in [0, 0.1) is 0 Å². The Bertz CT molecular complexity index is 1250. The fourth-order valence-electron chi connectivity index (χ4n) is 3.56. The molecule has 1 saturated heterocycles. The number of sulfonamides is 1. The van der Waals surface area contributed by atoms with Gasteiger partial charge in [0.25, 0.3) is 5.91 Å². The van der Waals surface area contributed by atoms with Crippen molar-refractivity contribution >= 4 is 50.5 Å². The van der Waals surface area contributed by atoms with Gasteiger partial charge in [0.2, 0.25) is 10.0 Å². The number of hydrogen-bond acceptors (Lipinski definition) is 5. The van der Waals surface area contributed by atoms with E-state index in [0.717, 1.165) is 5.69 Å². The van der Waals surface area contributed by atoms with Crippen LogP contribution in [-0.2, 0) is 10.0 Å². The Labute approximate surface area is 196 Å². The summed E-state index contributed by atoms with van der Waals surface area (Å²) >= 11 is 12.0. The van der Waals surface area contributed by atoms with E-state index in [9.17, 15) is 13.2 Å². The molecule has 2 heterocycles. The van der Waals surface area contributed by atoms with E-state index in [2.05, 4.69) is 10.2 Å². The van der Waals surface area contributed by atoms with Crippen molar-refractivity contribution in [3.05, 3.63) is 70.4 Å². The highest BCUT2D eigenvalue weighted by Crippen LogP contribution is 2.31. The van der Waals surface area contributed by atoms with Gasteiger partial charge in [-0.1, -0.05) is 35.3 Å². The number of carbonyl (C=O) groups is 1. The van der Waals surface area contributed by atoms with Gasteiger partial charge in [0.15, 0.2) is 5.76 Å². The molecular weight excluding hydrogens is 473 g/mol. The van der Waals surface area contributed by atoms with Crippen molar-refractivity contribution in [3.8, 4) is 11.3 Å². The first-order valence-electron chi connectivity index (χ1n) is 9.88. The normalized spacial score (nSPS) is 15.0. The smallest absolute Gasteiger partial charge is 0.291 e. The standard InChI is InChI=1S/C22H21Cl2N3O4S/c1-32(29,30)27-12-10-26(11-13-27)19-5-3-2-4-18(19)25-22(28)21-9-8-20(31-21)15-6-7-16(23)17(24)14-15/h2-9,14H,10-13H2,1H3,(H,25,28). The number of benzene rings is 2. The SMILES string of the molecule is CS(=O)(=O)N1CCN(c2ccccc2NC(=O)c2ccc(-c3ccc(Cl)c(Cl)c3)o2)CC1. The first-order valence-corrected chi connectivity index (χ1v) is 12.5. The summed E-state index contributed by atoms with van der Waals surface area (Å²) < 4.78 is 30.7. The van der Waals surface area contributed by atoms with Crippen LogP contribution >= 0.6 is 23.2 Å². The molecule has 1 N–H and O–H groups in total. The summed E-state index contributed by atoms with van der Waals surface area (Å²) in [5.41, 5.74) is 2.16. The molecule has 32 heavy (non-hydrogen) atoms. The van der Waals surface area contributed by atoms with Crippen LogP contribution in [0.1, 0.15) is 10.6 Å². The van der Waals surface area contributed by atoms with E-state index in [4.69, 9.17) is 27.6 Å². The summed E-state index contributed by atoms with van der Waals surface area (Å²) in [6.07, 6.45) is 1.21. The first kappa shape index (κ1) is 22.7. The number of nitrogens with zero attached hydrogens (tertiary/aromatic N) is 2. The molecule has 3 aromatic rings. The number of rotatable bonds is 5. The van der Waals surface area contributed by atoms with Gasteiger partial charge in [-0.05, 0) is 42.5 Å². The average Bonchev–Trinajstić information content (AvgIpc) is 3.26. The maximum Gasteiger partial charge on any atom is 0.291 e. The minimum atomic E-state index is -3.21. The van der Waals surface area contributed by atoms with Crippen molar-refractivity contribution < 1.29 is 17.6 Å². The summed E-state index contributed by atoms with van der Waals surface area (Å²) in [5.74, 6) is 0.264. The van der Waals surface area contributed by atoms with Gasteiger partial charge in [0, 0.05) is 31.7 Å². The lowest BCUT2D eigenvalue weighted by Crippen LogP contribution is -2.48. The lowest BCUT2D eigenvalue weighted by Gasteiger charge is -2.35. The van der Waals surface area contributed by atoms with Crippen LogP contribution in [-0.4, -0.2) is 51.1 Å². The number of anilines is 2. The molecule has 1 fully saturated rings. The molecule has 0 radical (unpaired) electrons. The number of nitrogens with one attached hydrogen (secondary N) is 1. The Hall–Kier alpha value is -2.52. The van der Waals surface area contributed by atoms with Crippen molar-refractivity contribution in [2.24, 2.45) is 0 Å². The van der Waals surface area contributed by atoms with Crippen molar-refractivity contribution in [3.63, 3.8) is 0 Å². The number of piperazine rings is 1. The lowest BCUT2D eigenvalue weighted by atomic mass is 10.2. The van der Waals surface area contributed by atoms with Crippen LogP contribution in [0.3, 0.4) is 0 Å². The largest absolute Gasteiger partial charge is 0.451 e. The van der Waals surface area contributed by atoms with E-state index >= 15 is 0 Å². The van der Waals surface area contributed by atoms with E-state index in [1.807, 2.05) is 18.2 Å². The molecule has 10 heteroatoms. The monoisotopic (exact) mass is 493 g/mol. The van der Waals surface area contributed by atoms with Gasteiger partial charge in [0.05, 0.1) is 27.7 Å². The zero-order valence-corrected chi connectivity index (χ0v) is 19.5. The van der Waals surface area contributed by atoms with E-state index in [0.29, 0.717) is 53.2 Å². The minimum Gasteiger partial charge on any atom is -0.451 e. The molecule has 0 unspecified atom stereocenters. The van der Waals surface area contributed by atoms with E-state index in [-0.39, 0.29) is 5.76 Å². The van der Waals surface area contributed by atoms with E-state index < -0.39 is 15.9 Å². The second-order valence-electron chi connectivity index (χ2n) is 7.41. The van der Waals surface area contributed by atoms with Crippen molar-refractivity contribution in [1.82, 2.24) is 4.31 Å². The molecule has 2 aromatic carbocycles. The molecule has 0 atom stereocenters. The molecule has 4 rings (SSSR count). The van der Waals surface area contributed by atoms with Gasteiger partial charge in [-0.25, -0.2) is 8.42 Å². The summed E-state index contributed by atoms with van der Waals surface area (Å²) in [7, 11) is -3.21. The number of hydrogen-bond donors (Lipinski definition) is 1. The maximum absolute atomic E-state index is 12.8. The van der Waals surface area contributed by atoms with Crippen LogP contribution in [0.2, 0.25) is 10.0 Å². The topological polar surface area (TPSA) is 82.9 Å². The predicted octanol–water partition coefficient (Wildman–Crippen LogP) is 4.59. The Balaban J connectivity index is 1.49.